The van der Waals surface area contributed by atoms with Crippen LogP contribution in [0.5, 0.6) is 0 Å². The standard InChI is InChI=1S/C24H34FN3O3/c1-16(29)19-12-17-13-22(30)28(21(17)14-20(19)25)18-4-8-26(9-5-18)15-23(31)27-10-6-24(2,3)7-11-27/h12,14,16,18,29H,4-11,13,15H2,1-3H3. The molecule has 170 valence electrons. The third-order valence-corrected chi connectivity index (χ3v) is 7.27. The Morgan fingerprint density at radius 3 is 2.45 bits per heavy atom. The summed E-state index contributed by atoms with van der Waals surface area (Å²) in [5.41, 5.74) is 1.98. The maximum atomic E-state index is 14.4. The number of halogens is 1. The number of hydrogen-bond donors (Lipinski definition) is 1. The first-order valence-corrected chi connectivity index (χ1v) is 11.5. The molecule has 1 unspecified atom stereocenters. The normalized spacial score (nSPS) is 23.2. The average molecular weight is 432 g/mol. The van der Waals surface area contributed by atoms with Gasteiger partial charge in [-0.05, 0) is 55.7 Å². The van der Waals surface area contributed by atoms with Crippen LogP contribution in [0.15, 0.2) is 12.1 Å². The van der Waals surface area contributed by atoms with Crippen molar-refractivity contribution in [2.75, 3.05) is 37.6 Å². The monoisotopic (exact) mass is 431 g/mol. The number of carbonyl (C=O) groups is 2. The number of aliphatic hydroxyl groups is 1. The van der Waals surface area contributed by atoms with E-state index in [2.05, 4.69) is 18.7 Å². The number of piperidine rings is 2. The van der Waals surface area contributed by atoms with E-state index in [1.54, 1.807) is 11.0 Å². The SMILES string of the molecule is CC(O)c1cc2c(cc1F)N(C1CCN(CC(=O)N3CCC(C)(C)CC3)CC1)C(=O)C2. The number of aliphatic hydroxyl groups excluding tert-OH is 1. The van der Waals surface area contributed by atoms with E-state index in [9.17, 15) is 19.1 Å². The van der Waals surface area contributed by atoms with Crippen LogP contribution in [0.2, 0.25) is 0 Å². The summed E-state index contributed by atoms with van der Waals surface area (Å²) in [4.78, 5) is 31.3. The van der Waals surface area contributed by atoms with Gasteiger partial charge in [-0.25, -0.2) is 4.39 Å². The first kappa shape index (κ1) is 22.2. The van der Waals surface area contributed by atoms with Gasteiger partial charge in [0.05, 0.1) is 24.8 Å². The van der Waals surface area contributed by atoms with Gasteiger partial charge in [0, 0.05) is 37.8 Å². The molecule has 1 atom stereocenters. The van der Waals surface area contributed by atoms with Crippen molar-refractivity contribution in [3.8, 4) is 0 Å². The highest BCUT2D eigenvalue weighted by Gasteiger charge is 2.36. The second kappa shape index (κ2) is 8.51. The van der Waals surface area contributed by atoms with E-state index in [4.69, 9.17) is 0 Å². The molecule has 0 aromatic heterocycles. The Kier molecular flexibility index (Phi) is 6.10. The molecule has 0 aliphatic carbocycles. The first-order valence-electron chi connectivity index (χ1n) is 11.5. The van der Waals surface area contributed by atoms with Crippen molar-refractivity contribution in [1.29, 1.82) is 0 Å². The number of amides is 2. The molecule has 1 aromatic carbocycles. The quantitative estimate of drug-likeness (QED) is 0.796. The van der Waals surface area contributed by atoms with Gasteiger partial charge in [-0.3, -0.25) is 14.5 Å². The predicted molar refractivity (Wildman–Crippen MR) is 117 cm³/mol. The highest BCUT2D eigenvalue weighted by atomic mass is 19.1. The summed E-state index contributed by atoms with van der Waals surface area (Å²) in [5.74, 6) is -0.284. The number of fused-ring (bicyclic) bond motifs is 1. The fourth-order valence-electron chi connectivity index (χ4n) is 5.08. The van der Waals surface area contributed by atoms with Crippen LogP contribution in [0.1, 0.15) is 63.7 Å². The summed E-state index contributed by atoms with van der Waals surface area (Å²) < 4.78 is 14.4. The minimum Gasteiger partial charge on any atom is -0.389 e. The molecule has 6 nitrogen and oxygen atoms in total. The molecule has 0 radical (unpaired) electrons. The Morgan fingerprint density at radius 2 is 1.84 bits per heavy atom. The highest BCUT2D eigenvalue weighted by molar-refractivity contribution is 6.02. The van der Waals surface area contributed by atoms with E-state index < -0.39 is 11.9 Å². The summed E-state index contributed by atoms with van der Waals surface area (Å²) in [7, 11) is 0. The number of rotatable bonds is 4. The van der Waals surface area contributed by atoms with Gasteiger partial charge in [-0.1, -0.05) is 13.8 Å². The van der Waals surface area contributed by atoms with Gasteiger partial charge in [0.2, 0.25) is 11.8 Å². The average Bonchev–Trinajstić information content (AvgIpc) is 3.02. The van der Waals surface area contributed by atoms with Crippen LogP contribution in [-0.4, -0.2) is 65.5 Å². The van der Waals surface area contributed by atoms with Crippen LogP contribution in [0.25, 0.3) is 0 Å². The van der Waals surface area contributed by atoms with Crippen LogP contribution < -0.4 is 4.90 Å². The highest BCUT2D eigenvalue weighted by Crippen LogP contribution is 2.36. The van der Waals surface area contributed by atoms with E-state index in [0.717, 1.165) is 57.4 Å². The molecule has 3 aliphatic rings. The van der Waals surface area contributed by atoms with Crippen molar-refractivity contribution in [2.24, 2.45) is 5.41 Å². The number of carbonyl (C=O) groups excluding carboxylic acids is 2. The minimum atomic E-state index is -0.902. The predicted octanol–water partition coefficient (Wildman–Crippen LogP) is 2.88. The molecule has 1 aromatic rings. The van der Waals surface area contributed by atoms with Crippen molar-refractivity contribution in [2.45, 2.75) is 65.0 Å². The minimum absolute atomic E-state index is 0.0115. The summed E-state index contributed by atoms with van der Waals surface area (Å²) in [6.07, 6.45) is 2.98. The molecule has 7 heteroatoms. The van der Waals surface area contributed by atoms with Gasteiger partial charge < -0.3 is 14.9 Å². The fourth-order valence-corrected chi connectivity index (χ4v) is 5.08. The number of hydrogen-bond acceptors (Lipinski definition) is 4. The number of likely N-dealkylation sites (tertiary alicyclic amines) is 2. The molecule has 2 fully saturated rings. The Morgan fingerprint density at radius 1 is 1.19 bits per heavy atom. The molecule has 0 spiro atoms. The number of anilines is 1. The van der Waals surface area contributed by atoms with Gasteiger partial charge in [-0.15, -0.1) is 0 Å². The van der Waals surface area contributed by atoms with Crippen molar-refractivity contribution < 1.29 is 19.1 Å². The van der Waals surface area contributed by atoms with Crippen LogP contribution in [0.3, 0.4) is 0 Å². The summed E-state index contributed by atoms with van der Waals surface area (Å²) in [6, 6.07) is 3.05. The maximum Gasteiger partial charge on any atom is 0.236 e. The zero-order chi connectivity index (χ0) is 22.3. The largest absolute Gasteiger partial charge is 0.389 e. The summed E-state index contributed by atoms with van der Waals surface area (Å²) in [5, 5.41) is 9.76. The maximum absolute atomic E-state index is 14.4. The molecule has 0 saturated carbocycles. The zero-order valence-corrected chi connectivity index (χ0v) is 18.9. The van der Waals surface area contributed by atoms with Gasteiger partial charge in [0.15, 0.2) is 0 Å². The third kappa shape index (κ3) is 4.62. The third-order valence-electron chi connectivity index (χ3n) is 7.27. The Labute approximate surface area is 184 Å². The van der Waals surface area contributed by atoms with Gasteiger partial charge in [0.1, 0.15) is 5.82 Å². The van der Waals surface area contributed by atoms with Crippen molar-refractivity contribution >= 4 is 17.5 Å². The molecule has 2 amide bonds. The van der Waals surface area contributed by atoms with E-state index in [-0.39, 0.29) is 29.8 Å². The molecule has 4 rings (SSSR count). The number of benzene rings is 1. The van der Waals surface area contributed by atoms with Crippen LogP contribution in [-0.2, 0) is 16.0 Å². The lowest BCUT2D eigenvalue weighted by molar-refractivity contribution is -0.134. The lowest BCUT2D eigenvalue weighted by Gasteiger charge is -2.39. The van der Waals surface area contributed by atoms with Gasteiger partial charge in [-0.2, -0.15) is 0 Å². The second-order valence-corrected chi connectivity index (χ2v) is 10.2. The zero-order valence-electron chi connectivity index (χ0n) is 18.9. The van der Waals surface area contributed by atoms with Crippen LogP contribution in [0.4, 0.5) is 10.1 Å². The lowest BCUT2D eigenvalue weighted by Crippen LogP contribution is -2.50. The molecular weight excluding hydrogens is 397 g/mol. The Hall–Kier alpha value is -1.99. The topological polar surface area (TPSA) is 64.1 Å². The molecular formula is C24H34FN3O3. The summed E-state index contributed by atoms with van der Waals surface area (Å²) >= 11 is 0. The Bertz CT molecular complexity index is 852. The Balaban J connectivity index is 1.35. The molecule has 1 N–H and O–H groups in total. The molecule has 2 saturated heterocycles. The van der Waals surface area contributed by atoms with Crippen LogP contribution >= 0.6 is 0 Å². The summed E-state index contributed by atoms with van der Waals surface area (Å²) in [6.45, 7) is 9.66. The first-order chi connectivity index (χ1) is 14.6. The van der Waals surface area contributed by atoms with Gasteiger partial charge in [0.25, 0.3) is 0 Å². The van der Waals surface area contributed by atoms with E-state index in [1.165, 1.54) is 13.0 Å². The molecule has 31 heavy (non-hydrogen) atoms. The molecule has 0 bridgehead atoms. The smallest absolute Gasteiger partial charge is 0.236 e. The lowest BCUT2D eigenvalue weighted by atomic mass is 9.82. The molecule has 3 aliphatic heterocycles. The van der Waals surface area contributed by atoms with Crippen molar-refractivity contribution in [3.63, 3.8) is 0 Å². The van der Waals surface area contributed by atoms with Gasteiger partial charge >= 0.3 is 0 Å². The van der Waals surface area contributed by atoms with E-state index >= 15 is 0 Å². The van der Waals surface area contributed by atoms with Crippen molar-refractivity contribution in [3.05, 3.63) is 29.1 Å². The fraction of sp³-hybridized carbons (Fsp3) is 0.667. The number of nitrogens with zero attached hydrogens (tertiary/aromatic N) is 3. The second-order valence-electron chi connectivity index (χ2n) is 10.2. The molecule has 3 heterocycles. The van der Waals surface area contributed by atoms with E-state index in [0.29, 0.717) is 17.6 Å². The van der Waals surface area contributed by atoms with Crippen LogP contribution in [0, 0.1) is 11.2 Å². The van der Waals surface area contributed by atoms with E-state index in [1.807, 2.05) is 4.90 Å². The van der Waals surface area contributed by atoms with Crippen molar-refractivity contribution in [1.82, 2.24) is 9.80 Å².